The lowest BCUT2D eigenvalue weighted by Gasteiger charge is -2.34. The van der Waals surface area contributed by atoms with E-state index in [1.807, 2.05) is 18.9 Å². The summed E-state index contributed by atoms with van der Waals surface area (Å²) >= 11 is 0. The smallest absolute Gasteiger partial charge is 0.407 e. The number of halogens is 1. The van der Waals surface area contributed by atoms with Gasteiger partial charge in [0.25, 0.3) is 0 Å². The molecular formula is C26H34FN3O6. The largest absolute Gasteiger partial charge is 0.481 e. The van der Waals surface area contributed by atoms with Crippen LogP contribution in [0.15, 0.2) is 48.5 Å². The van der Waals surface area contributed by atoms with Gasteiger partial charge in [-0.2, -0.15) is 0 Å². The number of nitrogens with zero attached hydrogens (tertiary/aromatic N) is 1. The van der Waals surface area contributed by atoms with Crippen molar-refractivity contribution >= 4 is 11.9 Å². The summed E-state index contributed by atoms with van der Waals surface area (Å²) in [5, 5.41) is 4.58. The van der Waals surface area contributed by atoms with Gasteiger partial charge < -0.3 is 24.3 Å². The average Bonchev–Trinajstić information content (AvgIpc) is 2.87. The molecule has 2 N–H and O–H groups in total. The summed E-state index contributed by atoms with van der Waals surface area (Å²) in [6.45, 7) is 8.27. The van der Waals surface area contributed by atoms with E-state index in [9.17, 15) is 14.0 Å². The molecule has 1 unspecified atom stereocenters. The van der Waals surface area contributed by atoms with E-state index in [0.29, 0.717) is 43.6 Å². The maximum absolute atomic E-state index is 13.6. The van der Waals surface area contributed by atoms with E-state index in [1.165, 1.54) is 24.3 Å². The van der Waals surface area contributed by atoms with Crippen molar-refractivity contribution < 1.29 is 32.9 Å². The number of alkyl carbamates (subject to hydrolysis) is 1. The number of morpholine rings is 1. The van der Waals surface area contributed by atoms with E-state index >= 15 is 0 Å². The highest BCUT2D eigenvalue weighted by Gasteiger charge is 2.33. The monoisotopic (exact) mass is 503 g/mol. The van der Waals surface area contributed by atoms with Gasteiger partial charge in [-0.05, 0) is 61.4 Å². The molecule has 2 aromatic carbocycles. The first-order chi connectivity index (χ1) is 17.4. The van der Waals surface area contributed by atoms with Crippen LogP contribution >= 0.6 is 0 Å². The fraction of sp³-hybridized carbons (Fsp3) is 0.462. The van der Waals surface area contributed by atoms with Gasteiger partial charge in [0.1, 0.15) is 23.1 Å². The van der Waals surface area contributed by atoms with E-state index in [2.05, 4.69) is 10.7 Å². The second-order valence-corrected chi connectivity index (χ2v) is 8.59. The first-order valence-electron chi connectivity index (χ1n) is 12.1. The topological polar surface area (TPSA) is 98.4 Å². The highest BCUT2D eigenvalue weighted by atomic mass is 19.1. The Hall–Kier alpha value is -3.21. The van der Waals surface area contributed by atoms with E-state index in [0.717, 1.165) is 0 Å². The Morgan fingerprint density at radius 3 is 2.17 bits per heavy atom. The number of hydrogen-bond donors (Lipinski definition) is 2. The van der Waals surface area contributed by atoms with Crippen molar-refractivity contribution in [2.24, 2.45) is 5.92 Å². The third-order valence-electron chi connectivity index (χ3n) is 5.48. The lowest BCUT2D eigenvalue weighted by Crippen LogP contribution is -2.58. The first kappa shape index (κ1) is 27.4. The number of carbonyl (C=O) groups excluding carboxylic acids is 2. The number of ether oxygens (including phenoxy) is 4. The van der Waals surface area contributed by atoms with Crippen LogP contribution in [0.4, 0.5) is 9.18 Å². The molecule has 0 radical (unpaired) electrons. The van der Waals surface area contributed by atoms with Crippen molar-refractivity contribution in [1.29, 1.82) is 0 Å². The molecule has 0 aromatic heterocycles. The summed E-state index contributed by atoms with van der Waals surface area (Å²) in [4.78, 5) is 25.5. The quantitative estimate of drug-likeness (QED) is 0.454. The molecule has 0 aliphatic carbocycles. The molecular weight excluding hydrogens is 469 g/mol. The van der Waals surface area contributed by atoms with Crippen LogP contribution in [-0.4, -0.2) is 68.5 Å². The van der Waals surface area contributed by atoms with Gasteiger partial charge in [-0.3, -0.25) is 4.79 Å². The highest BCUT2D eigenvalue weighted by molar-refractivity contribution is 5.89. The molecule has 2 atom stereocenters. The molecule has 36 heavy (non-hydrogen) atoms. The normalized spacial score (nSPS) is 15.7. The average molecular weight is 504 g/mol. The van der Waals surface area contributed by atoms with Crippen LogP contribution in [0.2, 0.25) is 0 Å². The number of rotatable bonds is 12. The molecule has 0 spiro atoms. The van der Waals surface area contributed by atoms with Crippen LogP contribution in [0.1, 0.15) is 20.8 Å². The summed E-state index contributed by atoms with van der Waals surface area (Å²) in [5.41, 5.74) is 3.31. The first-order valence-corrected chi connectivity index (χ1v) is 12.1. The van der Waals surface area contributed by atoms with Crippen molar-refractivity contribution in [3.63, 3.8) is 0 Å². The Kier molecular flexibility index (Phi) is 10.5. The van der Waals surface area contributed by atoms with E-state index in [1.54, 1.807) is 31.2 Å². The Morgan fingerprint density at radius 1 is 1.00 bits per heavy atom. The molecule has 1 fully saturated rings. The molecule has 1 heterocycles. The molecule has 0 bridgehead atoms. The number of hydrazine groups is 1. The molecule has 1 aliphatic rings. The summed E-state index contributed by atoms with van der Waals surface area (Å²) in [6.07, 6.45) is -1.58. The number of nitrogens with one attached hydrogen (secondary N) is 2. The molecule has 1 saturated heterocycles. The van der Waals surface area contributed by atoms with Crippen LogP contribution in [0.3, 0.4) is 0 Å². The highest BCUT2D eigenvalue weighted by Crippen LogP contribution is 2.25. The van der Waals surface area contributed by atoms with Crippen LogP contribution in [0, 0.1) is 11.7 Å². The third-order valence-corrected chi connectivity index (χ3v) is 5.48. The van der Waals surface area contributed by atoms with Crippen molar-refractivity contribution in [3.8, 4) is 17.2 Å². The number of hydrogen-bond acceptors (Lipinski definition) is 8. The summed E-state index contributed by atoms with van der Waals surface area (Å²) in [5.74, 6) is 0.877. The van der Waals surface area contributed by atoms with Gasteiger partial charge in [0.15, 0.2) is 11.9 Å². The van der Waals surface area contributed by atoms with Gasteiger partial charge in [-0.15, -0.1) is 0 Å². The zero-order chi connectivity index (χ0) is 25.9. The minimum Gasteiger partial charge on any atom is -0.481 e. The van der Waals surface area contributed by atoms with Crippen LogP contribution in [0.25, 0.3) is 0 Å². The zero-order valence-electron chi connectivity index (χ0n) is 20.9. The zero-order valence-corrected chi connectivity index (χ0v) is 20.9. The Morgan fingerprint density at radius 2 is 1.58 bits per heavy atom. The van der Waals surface area contributed by atoms with Gasteiger partial charge in [0.05, 0.1) is 32.4 Å². The van der Waals surface area contributed by atoms with E-state index in [-0.39, 0.29) is 30.7 Å². The molecule has 9 nitrogen and oxygen atoms in total. The summed E-state index contributed by atoms with van der Waals surface area (Å²) < 4.78 is 35.2. The molecule has 196 valence electrons. The maximum atomic E-state index is 13.6. The fourth-order valence-corrected chi connectivity index (χ4v) is 3.58. The molecule has 3 rings (SSSR count). The predicted molar refractivity (Wildman–Crippen MR) is 132 cm³/mol. The molecule has 0 saturated carbocycles. The lowest BCUT2D eigenvalue weighted by atomic mass is 9.96. The number of carbonyl (C=O) groups is 2. The Bertz CT molecular complexity index is 965. The van der Waals surface area contributed by atoms with Gasteiger partial charge >= 0.3 is 6.09 Å². The molecule has 1 aliphatic heterocycles. The van der Waals surface area contributed by atoms with Crippen molar-refractivity contribution in [2.75, 3.05) is 39.5 Å². The molecule has 1 amide bonds. The second kappa shape index (κ2) is 13.8. The number of amides is 1. The van der Waals surface area contributed by atoms with Crippen LogP contribution < -0.4 is 20.2 Å². The lowest BCUT2D eigenvalue weighted by molar-refractivity contribution is -0.131. The van der Waals surface area contributed by atoms with Gasteiger partial charge in [-0.25, -0.2) is 19.6 Å². The minimum atomic E-state index is -0.959. The minimum absolute atomic E-state index is 0.0273. The predicted octanol–water partition coefficient (Wildman–Crippen LogP) is 3.54. The van der Waals surface area contributed by atoms with E-state index in [4.69, 9.17) is 18.9 Å². The maximum Gasteiger partial charge on any atom is 0.407 e. The van der Waals surface area contributed by atoms with Gasteiger partial charge in [0, 0.05) is 13.1 Å². The summed E-state index contributed by atoms with van der Waals surface area (Å²) in [6, 6.07) is 11.9. The van der Waals surface area contributed by atoms with E-state index < -0.39 is 18.2 Å². The van der Waals surface area contributed by atoms with Crippen LogP contribution in [-0.2, 0) is 14.3 Å². The third kappa shape index (κ3) is 8.47. The SMILES string of the molecule is CCOC(=O)NCC(Oc1ccc(Oc2ccc(F)cc2)cc1)C(=O)[C@@H](NN1CCOCC1)C(C)C. The molecule has 10 heteroatoms. The van der Waals surface area contributed by atoms with Crippen molar-refractivity contribution in [2.45, 2.75) is 32.9 Å². The van der Waals surface area contributed by atoms with Crippen molar-refractivity contribution in [1.82, 2.24) is 15.8 Å². The Labute approximate surface area is 210 Å². The number of ketones is 1. The van der Waals surface area contributed by atoms with Crippen molar-refractivity contribution in [3.05, 3.63) is 54.3 Å². The number of benzene rings is 2. The second-order valence-electron chi connectivity index (χ2n) is 8.59. The Balaban J connectivity index is 1.70. The van der Waals surface area contributed by atoms with Crippen LogP contribution in [0.5, 0.6) is 17.2 Å². The fourth-order valence-electron chi connectivity index (χ4n) is 3.58. The summed E-state index contributed by atoms with van der Waals surface area (Å²) in [7, 11) is 0. The van der Waals surface area contributed by atoms with Gasteiger partial charge in [0.2, 0.25) is 0 Å². The molecule has 2 aromatic rings. The van der Waals surface area contributed by atoms with Gasteiger partial charge in [-0.1, -0.05) is 13.8 Å². The number of Topliss-reactive ketones (excluding diaryl/α,β-unsaturated/α-hetero) is 1. The standard InChI is InChI=1S/C26H34FN3O6/c1-4-34-26(32)28-17-23(25(31)24(18(2)3)29-30-13-15-33-16-14-30)36-22-11-9-21(10-12-22)35-20-7-5-19(27)6-8-20/h5-12,18,23-24,29H,4,13-17H2,1-3H3,(H,28,32)/t23?,24-/m0/s1.